The third-order valence-corrected chi connectivity index (χ3v) is 5.16. The molecule has 6 heteroatoms. The van der Waals surface area contributed by atoms with Gasteiger partial charge in [0.05, 0.1) is 6.61 Å². The maximum atomic E-state index is 12.6. The Kier molecular flexibility index (Phi) is 5.19. The molecular weight excluding hydrogens is 336 g/mol. The van der Waals surface area contributed by atoms with Crippen LogP contribution in [0.25, 0.3) is 6.08 Å². The van der Waals surface area contributed by atoms with Crippen LogP contribution in [0.2, 0.25) is 0 Å². The number of hydrogen-bond acceptors (Lipinski definition) is 4. The van der Waals surface area contributed by atoms with E-state index in [1.54, 1.807) is 16.7 Å². The van der Waals surface area contributed by atoms with Crippen molar-refractivity contribution in [2.24, 2.45) is 0 Å². The molecule has 5 nitrogen and oxygen atoms in total. The van der Waals surface area contributed by atoms with Crippen molar-refractivity contribution >= 4 is 34.4 Å². The Morgan fingerprint density at radius 1 is 1.28 bits per heavy atom. The molecule has 0 atom stereocenters. The van der Waals surface area contributed by atoms with Crippen LogP contribution < -0.4 is 4.90 Å². The van der Waals surface area contributed by atoms with E-state index in [0.717, 1.165) is 16.1 Å². The van der Waals surface area contributed by atoms with E-state index in [9.17, 15) is 9.59 Å². The molecule has 1 saturated heterocycles. The van der Waals surface area contributed by atoms with Crippen LogP contribution in [0.3, 0.4) is 0 Å². The van der Waals surface area contributed by atoms with Crippen LogP contribution in [-0.4, -0.2) is 36.6 Å². The van der Waals surface area contributed by atoms with Gasteiger partial charge in [0.1, 0.15) is 9.88 Å². The minimum Gasteiger partial charge on any atom is -0.462 e. The highest BCUT2D eigenvalue weighted by Crippen LogP contribution is 2.32. The number of amides is 2. The van der Waals surface area contributed by atoms with Gasteiger partial charge in [-0.25, -0.2) is 9.59 Å². The number of aryl methyl sites for hydroxylation is 1. The van der Waals surface area contributed by atoms with Crippen LogP contribution in [0, 0.1) is 6.92 Å². The fourth-order valence-corrected chi connectivity index (χ4v) is 3.72. The summed E-state index contributed by atoms with van der Waals surface area (Å²) >= 11 is 1.30. The lowest BCUT2D eigenvalue weighted by molar-refractivity contribution is 0.0531. The SMILES string of the molecule is CCOC(=O)c1sc(N2CCN(C=Cc3ccccc3)C2=O)cc1C. The fourth-order valence-electron chi connectivity index (χ4n) is 2.63. The van der Waals surface area contributed by atoms with Gasteiger partial charge in [-0.2, -0.15) is 0 Å². The molecule has 0 spiro atoms. The molecule has 1 aliphatic rings. The van der Waals surface area contributed by atoms with Gasteiger partial charge < -0.3 is 4.74 Å². The first-order valence-corrected chi connectivity index (χ1v) is 9.00. The lowest BCUT2D eigenvalue weighted by Crippen LogP contribution is -2.27. The first-order chi connectivity index (χ1) is 12.1. The van der Waals surface area contributed by atoms with Gasteiger partial charge in [0.25, 0.3) is 0 Å². The predicted molar refractivity (Wildman–Crippen MR) is 99.9 cm³/mol. The van der Waals surface area contributed by atoms with Crippen molar-refractivity contribution in [3.05, 3.63) is 58.6 Å². The Bertz CT molecular complexity index is 798. The molecule has 1 aromatic carbocycles. The smallest absolute Gasteiger partial charge is 0.348 e. The minimum atomic E-state index is -0.330. The van der Waals surface area contributed by atoms with E-state index >= 15 is 0 Å². The van der Waals surface area contributed by atoms with E-state index in [1.165, 1.54) is 11.3 Å². The molecule has 0 saturated carbocycles. The Morgan fingerprint density at radius 3 is 2.76 bits per heavy atom. The molecule has 130 valence electrons. The molecule has 1 aromatic heterocycles. The molecule has 2 heterocycles. The number of thiophene rings is 1. The van der Waals surface area contributed by atoms with Crippen LogP contribution in [0.5, 0.6) is 0 Å². The van der Waals surface area contributed by atoms with E-state index < -0.39 is 0 Å². The third-order valence-electron chi connectivity index (χ3n) is 3.92. The Labute approximate surface area is 151 Å². The Morgan fingerprint density at radius 2 is 2.04 bits per heavy atom. The zero-order valence-electron chi connectivity index (χ0n) is 14.3. The topological polar surface area (TPSA) is 49.9 Å². The molecule has 0 bridgehead atoms. The van der Waals surface area contributed by atoms with E-state index in [0.29, 0.717) is 24.6 Å². The van der Waals surface area contributed by atoms with Crippen molar-refractivity contribution in [1.82, 2.24) is 4.90 Å². The van der Waals surface area contributed by atoms with Crippen molar-refractivity contribution in [2.45, 2.75) is 13.8 Å². The molecule has 1 aliphatic heterocycles. The van der Waals surface area contributed by atoms with Gasteiger partial charge in [-0.15, -0.1) is 11.3 Å². The highest BCUT2D eigenvalue weighted by Gasteiger charge is 2.30. The average molecular weight is 356 g/mol. The zero-order chi connectivity index (χ0) is 17.8. The summed E-state index contributed by atoms with van der Waals surface area (Å²) in [6, 6.07) is 11.7. The summed E-state index contributed by atoms with van der Waals surface area (Å²) in [6.45, 7) is 5.20. The van der Waals surface area contributed by atoms with Crippen LogP contribution in [0.1, 0.15) is 27.7 Å². The van der Waals surface area contributed by atoms with E-state index in [-0.39, 0.29) is 12.0 Å². The normalized spacial score (nSPS) is 14.6. The van der Waals surface area contributed by atoms with Gasteiger partial charge in [0.2, 0.25) is 0 Å². The highest BCUT2D eigenvalue weighted by atomic mass is 32.1. The second kappa shape index (κ2) is 7.53. The monoisotopic (exact) mass is 356 g/mol. The number of benzene rings is 1. The Hall–Kier alpha value is -2.60. The summed E-state index contributed by atoms with van der Waals surface area (Å²) < 4.78 is 5.07. The Balaban J connectivity index is 1.73. The van der Waals surface area contributed by atoms with Crippen LogP contribution in [-0.2, 0) is 4.74 Å². The lowest BCUT2D eigenvalue weighted by atomic mass is 10.2. The lowest BCUT2D eigenvalue weighted by Gasteiger charge is -2.14. The second-order valence-corrected chi connectivity index (χ2v) is 6.70. The maximum absolute atomic E-state index is 12.6. The number of urea groups is 1. The van der Waals surface area contributed by atoms with Gasteiger partial charge in [-0.1, -0.05) is 30.3 Å². The van der Waals surface area contributed by atoms with Gasteiger partial charge in [0.15, 0.2) is 0 Å². The number of anilines is 1. The number of rotatable bonds is 5. The fraction of sp³-hybridized carbons (Fsp3) is 0.263. The molecule has 0 aliphatic carbocycles. The van der Waals surface area contributed by atoms with Crippen LogP contribution in [0.15, 0.2) is 42.6 Å². The molecule has 0 radical (unpaired) electrons. The van der Waals surface area contributed by atoms with Crippen molar-refractivity contribution in [3.8, 4) is 0 Å². The van der Waals surface area contributed by atoms with Crippen LogP contribution in [0.4, 0.5) is 9.80 Å². The molecule has 3 rings (SSSR count). The number of nitrogens with zero attached hydrogens (tertiary/aromatic N) is 2. The molecule has 2 aromatic rings. The minimum absolute atomic E-state index is 0.0798. The number of carbonyl (C=O) groups is 2. The number of carbonyl (C=O) groups excluding carboxylic acids is 2. The summed E-state index contributed by atoms with van der Waals surface area (Å²) in [5.74, 6) is -0.330. The van der Waals surface area contributed by atoms with Crippen molar-refractivity contribution in [2.75, 3.05) is 24.6 Å². The molecule has 1 fully saturated rings. The first-order valence-electron chi connectivity index (χ1n) is 8.19. The number of esters is 1. The van der Waals surface area contributed by atoms with Gasteiger partial charge >= 0.3 is 12.0 Å². The zero-order valence-corrected chi connectivity index (χ0v) is 15.1. The standard InChI is InChI=1S/C19H20N2O3S/c1-3-24-18(22)17-14(2)13-16(25-17)21-12-11-20(19(21)23)10-9-15-7-5-4-6-8-15/h4-10,13H,3,11-12H2,1-2H3. The summed E-state index contributed by atoms with van der Waals surface area (Å²) in [5, 5.41) is 0.779. The maximum Gasteiger partial charge on any atom is 0.348 e. The van der Waals surface area contributed by atoms with Crippen molar-refractivity contribution in [3.63, 3.8) is 0 Å². The average Bonchev–Trinajstić information content (AvgIpc) is 3.17. The highest BCUT2D eigenvalue weighted by molar-refractivity contribution is 7.18. The summed E-state index contributed by atoms with van der Waals surface area (Å²) in [4.78, 5) is 28.5. The van der Waals surface area contributed by atoms with Crippen molar-refractivity contribution in [1.29, 1.82) is 0 Å². The predicted octanol–water partition coefficient (Wildman–Crippen LogP) is 4.15. The first kappa shape index (κ1) is 17.2. The van der Waals surface area contributed by atoms with Crippen molar-refractivity contribution < 1.29 is 14.3 Å². The molecular formula is C19H20N2O3S. The molecule has 2 amide bonds. The van der Waals surface area contributed by atoms with E-state index in [4.69, 9.17) is 4.74 Å². The van der Waals surface area contributed by atoms with E-state index in [1.807, 2.05) is 55.6 Å². The third kappa shape index (κ3) is 3.74. The quantitative estimate of drug-likeness (QED) is 0.756. The number of hydrogen-bond donors (Lipinski definition) is 0. The molecule has 0 N–H and O–H groups in total. The van der Waals surface area contributed by atoms with Gasteiger partial charge in [-0.05, 0) is 37.1 Å². The van der Waals surface area contributed by atoms with Crippen LogP contribution >= 0.6 is 11.3 Å². The summed E-state index contributed by atoms with van der Waals surface area (Å²) in [5.41, 5.74) is 1.88. The largest absolute Gasteiger partial charge is 0.462 e. The molecule has 0 unspecified atom stereocenters. The summed E-state index contributed by atoms with van der Waals surface area (Å²) in [7, 11) is 0. The van der Waals surface area contributed by atoms with E-state index in [2.05, 4.69) is 0 Å². The van der Waals surface area contributed by atoms with Gasteiger partial charge in [0, 0.05) is 19.3 Å². The summed E-state index contributed by atoms with van der Waals surface area (Å²) in [6.07, 6.45) is 3.73. The number of ether oxygens (including phenoxy) is 1. The second-order valence-electron chi connectivity index (χ2n) is 5.67. The molecule has 25 heavy (non-hydrogen) atoms. The van der Waals surface area contributed by atoms with Gasteiger partial charge in [-0.3, -0.25) is 9.80 Å².